The number of carbonyl (C=O) groups excluding carboxylic acids is 3. The molecular formula is C39H54N4O10. The predicted octanol–water partition coefficient (Wildman–Crippen LogP) is 3.84. The summed E-state index contributed by atoms with van der Waals surface area (Å²) in [4.78, 5) is 40.8. The number of amides is 3. The second-order valence-electron chi connectivity index (χ2n) is 13.8. The van der Waals surface area contributed by atoms with Gasteiger partial charge in [0.05, 0.1) is 40.6 Å². The molecule has 0 aromatic heterocycles. The number of phenolic OH excluding ortho intramolecular Hbond substituents is 1. The summed E-state index contributed by atoms with van der Waals surface area (Å²) < 4.78 is 27.1. The normalized spacial score (nSPS) is 13.6. The van der Waals surface area contributed by atoms with Crippen LogP contribution in [0.5, 0.6) is 28.7 Å². The van der Waals surface area contributed by atoms with Crippen LogP contribution in [0.3, 0.4) is 0 Å². The fourth-order valence-electron chi connectivity index (χ4n) is 5.54. The molecule has 0 saturated heterocycles. The lowest BCUT2D eigenvalue weighted by molar-refractivity contribution is -0.133. The van der Waals surface area contributed by atoms with Crippen LogP contribution >= 0.6 is 0 Å². The van der Waals surface area contributed by atoms with Gasteiger partial charge in [0.2, 0.25) is 17.6 Å². The molecule has 0 fully saturated rings. The third-order valence-corrected chi connectivity index (χ3v) is 8.28. The van der Waals surface area contributed by atoms with Crippen molar-refractivity contribution in [2.75, 3.05) is 28.4 Å². The van der Waals surface area contributed by atoms with Crippen LogP contribution in [0.1, 0.15) is 51.3 Å². The number of carbonyl (C=O) groups is 3. The maximum absolute atomic E-state index is 14.3. The Kier molecular flexibility index (Phi) is 15.6. The summed E-state index contributed by atoms with van der Waals surface area (Å²) in [5.41, 5.74) is 1.04. The zero-order valence-corrected chi connectivity index (χ0v) is 31.9. The fourth-order valence-corrected chi connectivity index (χ4v) is 5.54. The zero-order valence-electron chi connectivity index (χ0n) is 31.9. The number of rotatable bonds is 18. The molecule has 0 bridgehead atoms. The molecule has 0 radical (unpaired) electrons. The third-order valence-electron chi connectivity index (χ3n) is 8.28. The number of ether oxygens (including phenoxy) is 5. The lowest BCUT2D eigenvalue weighted by atomic mass is 9.94. The van der Waals surface area contributed by atoms with E-state index in [9.17, 15) is 24.6 Å². The first-order chi connectivity index (χ1) is 25.1. The molecule has 0 aliphatic carbocycles. The lowest BCUT2D eigenvalue weighted by Crippen LogP contribution is -2.62. The number of aliphatic hydroxyl groups is 1. The average molecular weight is 739 g/mol. The van der Waals surface area contributed by atoms with E-state index >= 15 is 0 Å². The highest BCUT2D eigenvalue weighted by molar-refractivity contribution is 5.90. The standard InChI is InChI=1S/C39H54N4O10/c1-23(2)32(36(46)41-22-26-15-16-27(49-6)20-29(26)44)43-37(47)33(40-21-25-18-30(50-7)35(52-9)31(19-25)51-8)34(45)28(17-24-13-11-10-12-14-24)42-38(48)53-39(3,4)5/h10-16,18-20,23,28,32-34,40,44-45H,17,21-22H2,1-9H3,(H,41,46)(H,42,48)(H,43,47)/t28-,32-,33+,34+/m0/s1. The number of hydrogen-bond acceptors (Lipinski definition) is 11. The van der Waals surface area contributed by atoms with Crippen LogP contribution in [-0.4, -0.2) is 86.4 Å². The summed E-state index contributed by atoms with van der Waals surface area (Å²) in [6, 6.07) is 13.9. The van der Waals surface area contributed by atoms with Crippen LogP contribution in [0.15, 0.2) is 60.7 Å². The summed E-state index contributed by atoms with van der Waals surface area (Å²) in [5, 5.41) is 33.9. The molecule has 3 rings (SSSR count). The van der Waals surface area contributed by atoms with Gasteiger partial charge in [-0.2, -0.15) is 0 Å². The van der Waals surface area contributed by atoms with Gasteiger partial charge in [-0.1, -0.05) is 44.2 Å². The molecule has 4 atom stereocenters. The van der Waals surface area contributed by atoms with E-state index in [0.29, 0.717) is 34.1 Å². The van der Waals surface area contributed by atoms with Crippen LogP contribution < -0.4 is 40.2 Å². The monoisotopic (exact) mass is 738 g/mol. The Morgan fingerprint density at radius 1 is 0.755 bits per heavy atom. The number of alkyl carbamates (subject to hydrolysis) is 1. The molecule has 290 valence electrons. The van der Waals surface area contributed by atoms with E-state index in [-0.39, 0.29) is 31.2 Å². The predicted molar refractivity (Wildman–Crippen MR) is 199 cm³/mol. The van der Waals surface area contributed by atoms with Gasteiger partial charge in [-0.3, -0.25) is 14.9 Å². The minimum Gasteiger partial charge on any atom is -0.507 e. The first-order valence-corrected chi connectivity index (χ1v) is 17.3. The Balaban J connectivity index is 1.96. The molecule has 14 nitrogen and oxygen atoms in total. The van der Waals surface area contributed by atoms with E-state index < -0.39 is 47.7 Å². The van der Waals surface area contributed by atoms with Crippen molar-refractivity contribution in [3.8, 4) is 28.7 Å². The van der Waals surface area contributed by atoms with Gasteiger partial charge in [-0.15, -0.1) is 0 Å². The second kappa shape index (κ2) is 19.6. The second-order valence-corrected chi connectivity index (χ2v) is 13.8. The number of hydrogen-bond donors (Lipinski definition) is 6. The van der Waals surface area contributed by atoms with Crippen molar-refractivity contribution in [3.63, 3.8) is 0 Å². The summed E-state index contributed by atoms with van der Waals surface area (Å²) in [5.74, 6) is -0.0283. The Bertz CT molecular complexity index is 1640. The average Bonchev–Trinajstić information content (AvgIpc) is 3.11. The van der Waals surface area contributed by atoms with E-state index in [1.165, 1.54) is 34.5 Å². The van der Waals surface area contributed by atoms with Gasteiger partial charge in [0.15, 0.2) is 11.5 Å². The maximum Gasteiger partial charge on any atom is 0.407 e. The minimum atomic E-state index is -1.53. The quantitative estimate of drug-likeness (QED) is 0.111. The van der Waals surface area contributed by atoms with E-state index in [2.05, 4.69) is 21.3 Å². The van der Waals surface area contributed by atoms with Crippen LogP contribution in [0.4, 0.5) is 4.79 Å². The van der Waals surface area contributed by atoms with Gasteiger partial charge < -0.3 is 49.8 Å². The third kappa shape index (κ3) is 12.5. The topological polar surface area (TPSA) is 186 Å². The van der Waals surface area contributed by atoms with Gasteiger partial charge >= 0.3 is 6.09 Å². The van der Waals surface area contributed by atoms with Crippen molar-refractivity contribution in [1.82, 2.24) is 21.3 Å². The zero-order chi connectivity index (χ0) is 39.3. The highest BCUT2D eigenvalue weighted by Crippen LogP contribution is 2.38. The fraction of sp³-hybridized carbons (Fsp3) is 0.462. The van der Waals surface area contributed by atoms with E-state index in [0.717, 1.165) is 5.56 Å². The molecular weight excluding hydrogens is 684 g/mol. The largest absolute Gasteiger partial charge is 0.507 e. The molecule has 0 aliphatic rings. The number of nitrogens with one attached hydrogen (secondary N) is 4. The molecule has 3 aromatic carbocycles. The van der Waals surface area contributed by atoms with Crippen LogP contribution in [0.25, 0.3) is 0 Å². The van der Waals surface area contributed by atoms with Gasteiger partial charge in [-0.25, -0.2) is 4.79 Å². The molecule has 0 heterocycles. The smallest absolute Gasteiger partial charge is 0.407 e. The Hall–Kier alpha value is -5.21. The first kappa shape index (κ1) is 42.2. The van der Waals surface area contributed by atoms with Gasteiger partial charge in [0, 0.05) is 24.7 Å². The van der Waals surface area contributed by atoms with Crippen molar-refractivity contribution < 1.29 is 48.3 Å². The number of phenols is 1. The van der Waals surface area contributed by atoms with E-state index in [1.807, 2.05) is 30.3 Å². The van der Waals surface area contributed by atoms with Gasteiger partial charge in [-0.05, 0) is 68.5 Å². The summed E-state index contributed by atoms with van der Waals surface area (Å²) in [6.45, 7) is 8.72. The number of aliphatic hydroxyl groups excluding tert-OH is 1. The van der Waals surface area contributed by atoms with Crippen LogP contribution in [-0.2, 0) is 33.8 Å². The Morgan fingerprint density at radius 3 is 1.92 bits per heavy atom. The molecule has 0 aliphatic heterocycles. The van der Waals surface area contributed by atoms with Crippen molar-refractivity contribution >= 4 is 17.9 Å². The van der Waals surface area contributed by atoms with E-state index in [4.69, 9.17) is 23.7 Å². The summed E-state index contributed by atoms with van der Waals surface area (Å²) in [7, 11) is 5.93. The highest BCUT2D eigenvalue weighted by atomic mass is 16.6. The molecule has 14 heteroatoms. The Labute approximate surface area is 311 Å². The van der Waals surface area contributed by atoms with Gasteiger partial charge in [0.25, 0.3) is 0 Å². The molecule has 53 heavy (non-hydrogen) atoms. The van der Waals surface area contributed by atoms with E-state index in [1.54, 1.807) is 58.9 Å². The molecule has 0 unspecified atom stereocenters. The van der Waals surface area contributed by atoms with Crippen molar-refractivity contribution in [1.29, 1.82) is 0 Å². The molecule has 3 aromatic rings. The SMILES string of the molecule is COc1ccc(CNC(=O)[C@@H](NC(=O)[C@H](NCc2cc(OC)c(OC)c(OC)c2)[C@H](O)[C@H](Cc2ccccc2)NC(=O)OC(C)(C)C)C(C)C)c(O)c1. The maximum atomic E-state index is 14.3. The van der Waals surface area contributed by atoms with Crippen molar-refractivity contribution in [2.45, 2.75) is 84.0 Å². The minimum absolute atomic E-state index is 0.0157. The lowest BCUT2D eigenvalue weighted by Gasteiger charge is -2.33. The van der Waals surface area contributed by atoms with Crippen LogP contribution in [0, 0.1) is 5.92 Å². The molecule has 0 saturated carbocycles. The number of benzene rings is 3. The van der Waals surface area contributed by atoms with Gasteiger partial charge in [0.1, 0.15) is 29.2 Å². The Morgan fingerprint density at radius 2 is 1.40 bits per heavy atom. The first-order valence-electron chi connectivity index (χ1n) is 17.3. The molecule has 6 N–H and O–H groups in total. The highest BCUT2D eigenvalue weighted by Gasteiger charge is 2.37. The van der Waals surface area contributed by atoms with Crippen molar-refractivity contribution in [3.05, 3.63) is 77.4 Å². The summed E-state index contributed by atoms with van der Waals surface area (Å²) in [6.07, 6.45) is -2.16. The molecule has 3 amide bonds. The molecule has 0 spiro atoms. The van der Waals surface area contributed by atoms with Crippen LogP contribution in [0.2, 0.25) is 0 Å². The van der Waals surface area contributed by atoms with Crippen molar-refractivity contribution in [2.24, 2.45) is 5.92 Å². The number of methoxy groups -OCH3 is 4. The number of aromatic hydroxyl groups is 1. The summed E-state index contributed by atoms with van der Waals surface area (Å²) >= 11 is 0.